The predicted molar refractivity (Wildman–Crippen MR) is 67.9 cm³/mol. The lowest BCUT2D eigenvalue weighted by Crippen LogP contribution is -2.25. The molecule has 4 heteroatoms. The van der Waals surface area contributed by atoms with E-state index in [2.05, 4.69) is 6.92 Å². The van der Waals surface area contributed by atoms with Gasteiger partial charge < -0.3 is 4.74 Å². The minimum absolute atomic E-state index is 0.0497. The van der Waals surface area contributed by atoms with Crippen molar-refractivity contribution >= 4 is 5.97 Å². The molecule has 1 aliphatic rings. The summed E-state index contributed by atoms with van der Waals surface area (Å²) in [7, 11) is 0. The fraction of sp³-hybridized carbons (Fsp3) is 0.467. The van der Waals surface area contributed by atoms with Crippen LogP contribution in [0.4, 0.5) is 4.39 Å². The van der Waals surface area contributed by atoms with Crippen LogP contribution in [0.25, 0.3) is 0 Å². The molecular weight excluding hydrogens is 245 g/mol. The molecule has 1 saturated carbocycles. The third-order valence-electron chi connectivity index (χ3n) is 3.63. The molecule has 1 aromatic rings. The standard InChI is InChI=1S/C15H16FNO2/c1-10-2-4-11(5-3-10)15(18)19-13-7-6-12(9-17)14(16)8-13/h6-8,10-11H,2-5H2,1H3. The van der Waals surface area contributed by atoms with Crippen molar-refractivity contribution in [1.29, 1.82) is 5.26 Å². The van der Waals surface area contributed by atoms with Crippen LogP contribution in [0.5, 0.6) is 5.75 Å². The monoisotopic (exact) mass is 261 g/mol. The van der Waals surface area contributed by atoms with E-state index in [0.717, 1.165) is 31.7 Å². The molecule has 100 valence electrons. The lowest BCUT2D eigenvalue weighted by molar-refractivity contribution is -0.140. The third kappa shape index (κ3) is 3.31. The first-order chi connectivity index (χ1) is 9.10. The van der Waals surface area contributed by atoms with Crippen molar-refractivity contribution in [3.63, 3.8) is 0 Å². The van der Waals surface area contributed by atoms with Crippen LogP contribution in [0.3, 0.4) is 0 Å². The van der Waals surface area contributed by atoms with E-state index >= 15 is 0 Å². The maximum atomic E-state index is 13.4. The Balaban J connectivity index is 1.99. The molecule has 2 rings (SSSR count). The maximum Gasteiger partial charge on any atom is 0.314 e. The van der Waals surface area contributed by atoms with Crippen molar-refractivity contribution in [1.82, 2.24) is 0 Å². The van der Waals surface area contributed by atoms with E-state index in [9.17, 15) is 9.18 Å². The first-order valence-electron chi connectivity index (χ1n) is 6.51. The van der Waals surface area contributed by atoms with Gasteiger partial charge in [0.1, 0.15) is 17.6 Å². The Morgan fingerprint density at radius 1 is 1.37 bits per heavy atom. The topological polar surface area (TPSA) is 50.1 Å². The zero-order valence-electron chi connectivity index (χ0n) is 10.9. The Kier molecular flexibility index (Phi) is 4.16. The lowest BCUT2D eigenvalue weighted by atomic mass is 9.83. The number of hydrogen-bond acceptors (Lipinski definition) is 3. The molecule has 0 aromatic heterocycles. The van der Waals surface area contributed by atoms with Gasteiger partial charge in [0.15, 0.2) is 0 Å². The first-order valence-corrected chi connectivity index (χ1v) is 6.51. The fourth-order valence-corrected chi connectivity index (χ4v) is 2.35. The zero-order chi connectivity index (χ0) is 13.8. The van der Waals surface area contributed by atoms with Gasteiger partial charge in [0.05, 0.1) is 11.5 Å². The van der Waals surface area contributed by atoms with Crippen LogP contribution in [-0.4, -0.2) is 5.97 Å². The average molecular weight is 261 g/mol. The van der Waals surface area contributed by atoms with Crippen LogP contribution < -0.4 is 4.74 Å². The largest absolute Gasteiger partial charge is 0.426 e. The summed E-state index contributed by atoms with van der Waals surface area (Å²) in [5.41, 5.74) is -0.0497. The van der Waals surface area contributed by atoms with Gasteiger partial charge in [0, 0.05) is 6.07 Å². The number of carbonyl (C=O) groups excluding carboxylic acids is 1. The van der Waals surface area contributed by atoms with Crippen LogP contribution in [0.1, 0.15) is 38.2 Å². The van der Waals surface area contributed by atoms with Crippen LogP contribution in [0.15, 0.2) is 18.2 Å². The van der Waals surface area contributed by atoms with E-state index in [1.54, 1.807) is 6.07 Å². The molecule has 0 atom stereocenters. The van der Waals surface area contributed by atoms with Crippen molar-refractivity contribution in [3.8, 4) is 11.8 Å². The SMILES string of the molecule is CC1CCC(C(=O)Oc2ccc(C#N)c(F)c2)CC1. The number of carbonyl (C=O) groups is 1. The number of esters is 1. The van der Waals surface area contributed by atoms with Gasteiger partial charge in [-0.1, -0.05) is 6.92 Å². The second-order valence-corrected chi connectivity index (χ2v) is 5.13. The molecule has 1 aliphatic carbocycles. The van der Waals surface area contributed by atoms with Crippen molar-refractivity contribution < 1.29 is 13.9 Å². The first kappa shape index (κ1) is 13.5. The van der Waals surface area contributed by atoms with E-state index in [1.165, 1.54) is 12.1 Å². The minimum atomic E-state index is -0.662. The van der Waals surface area contributed by atoms with Gasteiger partial charge in [0.25, 0.3) is 0 Å². The Bertz CT molecular complexity index is 513. The highest BCUT2D eigenvalue weighted by Gasteiger charge is 2.26. The van der Waals surface area contributed by atoms with Gasteiger partial charge in [0.2, 0.25) is 0 Å². The molecule has 19 heavy (non-hydrogen) atoms. The minimum Gasteiger partial charge on any atom is -0.426 e. The van der Waals surface area contributed by atoms with E-state index in [4.69, 9.17) is 10.00 Å². The molecular formula is C15H16FNO2. The van der Waals surface area contributed by atoms with Crippen molar-refractivity contribution in [2.45, 2.75) is 32.6 Å². The highest BCUT2D eigenvalue weighted by atomic mass is 19.1. The second-order valence-electron chi connectivity index (χ2n) is 5.13. The molecule has 0 bridgehead atoms. The summed E-state index contributed by atoms with van der Waals surface area (Å²) in [5, 5.41) is 8.62. The number of halogens is 1. The Labute approximate surface area is 112 Å². The van der Waals surface area contributed by atoms with Gasteiger partial charge in [-0.2, -0.15) is 5.26 Å². The van der Waals surface area contributed by atoms with E-state index in [0.29, 0.717) is 5.92 Å². The molecule has 0 unspecified atom stereocenters. The number of nitrogens with zero attached hydrogens (tertiary/aromatic N) is 1. The highest BCUT2D eigenvalue weighted by Crippen LogP contribution is 2.29. The van der Waals surface area contributed by atoms with Crippen LogP contribution >= 0.6 is 0 Å². The Hall–Kier alpha value is -1.89. The molecule has 0 spiro atoms. The van der Waals surface area contributed by atoms with Crippen molar-refractivity contribution in [2.24, 2.45) is 11.8 Å². The molecule has 0 heterocycles. The quantitative estimate of drug-likeness (QED) is 0.605. The molecule has 1 fully saturated rings. The number of ether oxygens (including phenoxy) is 1. The van der Waals surface area contributed by atoms with E-state index in [1.807, 2.05) is 0 Å². The van der Waals surface area contributed by atoms with Crippen LogP contribution in [-0.2, 0) is 4.79 Å². The number of nitriles is 1. The fourth-order valence-electron chi connectivity index (χ4n) is 2.35. The second kappa shape index (κ2) is 5.83. The predicted octanol–water partition coefficient (Wildman–Crippen LogP) is 3.43. The molecule has 0 N–H and O–H groups in total. The summed E-state index contributed by atoms with van der Waals surface area (Å²) in [4.78, 5) is 11.9. The number of benzene rings is 1. The van der Waals surface area contributed by atoms with E-state index < -0.39 is 5.82 Å². The molecule has 0 amide bonds. The molecule has 1 aromatic carbocycles. The molecule has 0 aliphatic heterocycles. The zero-order valence-corrected chi connectivity index (χ0v) is 10.9. The van der Waals surface area contributed by atoms with E-state index in [-0.39, 0.29) is 23.2 Å². The summed E-state index contributed by atoms with van der Waals surface area (Å²) >= 11 is 0. The highest BCUT2D eigenvalue weighted by molar-refractivity contribution is 5.75. The number of rotatable bonds is 2. The van der Waals surface area contributed by atoms with Gasteiger partial charge in [-0.3, -0.25) is 4.79 Å². The summed E-state index contributed by atoms with van der Waals surface area (Å²) in [6.45, 7) is 2.18. The smallest absolute Gasteiger partial charge is 0.314 e. The van der Waals surface area contributed by atoms with Crippen molar-refractivity contribution in [2.75, 3.05) is 0 Å². The Morgan fingerprint density at radius 2 is 2.05 bits per heavy atom. The molecule has 3 nitrogen and oxygen atoms in total. The average Bonchev–Trinajstić information content (AvgIpc) is 2.39. The van der Waals surface area contributed by atoms with Gasteiger partial charge in [-0.15, -0.1) is 0 Å². The summed E-state index contributed by atoms with van der Waals surface area (Å²) in [6, 6.07) is 5.58. The molecule has 0 radical (unpaired) electrons. The maximum absolute atomic E-state index is 13.4. The number of hydrogen-bond donors (Lipinski definition) is 0. The lowest BCUT2D eigenvalue weighted by Gasteiger charge is -2.24. The summed E-state index contributed by atoms with van der Waals surface area (Å²) in [5.74, 6) is -0.215. The molecule has 0 saturated heterocycles. The Morgan fingerprint density at radius 3 is 2.63 bits per heavy atom. The van der Waals surface area contributed by atoms with Crippen LogP contribution in [0.2, 0.25) is 0 Å². The van der Waals surface area contributed by atoms with Gasteiger partial charge in [-0.05, 0) is 43.7 Å². The van der Waals surface area contributed by atoms with Gasteiger partial charge >= 0.3 is 5.97 Å². The summed E-state index contributed by atoms with van der Waals surface area (Å²) < 4.78 is 18.6. The summed E-state index contributed by atoms with van der Waals surface area (Å²) in [6.07, 6.45) is 3.72. The van der Waals surface area contributed by atoms with Gasteiger partial charge in [-0.25, -0.2) is 4.39 Å². The normalized spacial score (nSPS) is 22.6. The third-order valence-corrected chi connectivity index (χ3v) is 3.63. The van der Waals surface area contributed by atoms with Crippen LogP contribution in [0, 0.1) is 29.0 Å². The van der Waals surface area contributed by atoms with Crippen molar-refractivity contribution in [3.05, 3.63) is 29.6 Å².